The van der Waals surface area contributed by atoms with Gasteiger partial charge in [-0.05, 0) is 237 Å². The molecule has 2 N–H and O–H groups in total. The van der Waals surface area contributed by atoms with Crippen LogP contribution >= 0.6 is 0 Å². The molecule has 0 bridgehead atoms. The summed E-state index contributed by atoms with van der Waals surface area (Å²) in [4.78, 5) is 15.5. The molecular weight excluding hydrogens is 1430 g/mol. The van der Waals surface area contributed by atoms with Crippen molar-refractivity contribution in [1.29, 1.82) is 0 Å². The topological polar surface area (TPSA) is 71.7 Å². The number of rotatable bonds is 31. The highest BCUT2D eigenvalue weighted by molar-refractivity contribution is 6.14. The minimum absolute atomic E-state index is 0.105. The quantitative estimate of drug-likeness (QED) is 0.0258. The van der Waals surface area contributed by atoms with E-state index < -0.39 is 0 Å². The van der Waals surface area contributed by atoms with Crippen molar-refractivity contribution < 1.29 is 10.2 Å². The van der Waals surface area contributed by atoms with Crippen molar-refractivity contribution in [2.75, 3.05) is 9.80 Å². The Morgan fingerprint density at radius 1 is 0.280 bits per heavy atom. The number of hydrogen-bond donors (Lipinski definition) is 2. The Morgan fingerprint density at radius 3 is 0.915 bits per heavy atom. The maximum atomic E-state index is 11.7. The van der Waals surface area contributed by atoms with Gasteiger partial charge in [-0.1, -0.05) is 312 Å². The molecule has 0 spiro atoms. The van der Waals surface area contributed by atoms with Gasteiger partial charge in [-0.15, -0.1) is 0 Å². The number of benzene rings is 14. The molecule has 0 atom stereocenters. The first-order valence-corrected chi connectivity index (χ1v) is 43.4. The van der Waals surface area contributed by atoms with Crippen LogP contribution in [-0.4, -0.2) is 22.6 Å². The molecule has 14 aromatic carbocycles. The molecule has 118 heavy (non-hydrogen) atoms. The van der Waals surface area contributed by atoms with Gasteiger partial charge in [0, 0.05) is 102 Å². The van der Waals surface area contributed by atoms with Crippen molar-refractivity contribution in [1.82, 2.24) is 0 Å². The van der Waals surface area contributed by atoms with Crippen molar-refractivity contribution in [2.24, 2.45) is 9.98 Å². The summed E-state index contributed by atoms with van der Waals surface area (Å²) in [5.74, 6) is 14.6. The molecule has 0 heterocycles. The minimum atomic E-state index is -0.188. The Hall–Kier alpha value is -12.7. The van der Waals surface area contributed by atoms with Crippen molar-refractivity contribution >= 4 is 79.5 Å². The molecule has 0 unspecified atom stereocenters. The molecule has 6 heteroatoms. The van der Waals surface area contributed by atoms with E-state index in [1.54, 1.807) is 24.6 Å². The van der Waals surface area contributed by atoms with E-state index >= 15 is 0 Å². The number of unbranched alkanes of at least 4 members (excludes halogenated alkanes) is 12. The monoisotopic (exact) mass is 1540 g/mol. The predicted molar refractivity (Wildman–Crippen MR) is 499 cm³/mol. The van der Waals surface area contributed by atoms with E-state index in [1.165, 1.54) is 122 Å². The van der Waals surface area contributed by atoms with Crippen LogP contribution in [0.1, 0.15) is 212 Å². The van der Waals surface area contributed by atoms with Gasteiger partial charge in [0.2, 0.25) is 0 Å². The lowest BCUT2D eigenvalue weighted by molar-refractivity contribution is 0.401. The first-order valence-electron chi connectivity index (χ1n) is 43.4. The van der Waals surface area contributed by atoms with E-state index in [-0.39, 0.29) is 22.3 Å². The zero-order valence-corrected chi connectivity index (χ0v) is 68.8. The smallest absolute Gasteiger partial charge is 0.124 e. The van der Waals surface area contributed by atoms with E-state index in [4.69, 9.17) is 9.98 Å². The first kappa shape index (κ1) is 79.1. The van der Waals surface area contributed by atoms with Gasteiger partial charge in [0.15, 0.2) is 0 Å². The molecule has 2 aliphatic rings. The Morgan fingerprint density at radius 2 is 0.576 bits per heavy atom. The van der Waals surface area contributed by atoms with Crippen molar-refractivity contribution in [3.05, 3.63) is 359 Å². The van der Waals surface area contributed by atoms with Gasteiger partial charge in [-0.25, -0.2) is 0 Å². The van der Waals surface area contributed by atoms with Crippen LogP contribution in [0.5, 0.6) is 11.5 Å². The van der Waals surface area contributed by atoms with Crippen molar-refractivity contribution in [2.45, 2.75) is 167 Å². The van der Waals surface area contributed by atoms with Gasteiger partial charge in [0.05, 0.1) is 11.4 Å². The van der Waals surface area contributed by atoms with Crippen LogP contribution in [0, 0.1) is 23.7 Å². The average Bonchev–Trinajstić information content (AvgIpc) is 1.58. The molecule has 14 aromatic rings. The lowest BCUT2D eigenvalue weighted by Gasteiger charge is -2.34. The highest BCUT2D eigenvalue weighted by Gasteiger charge is 2.45. The third kappa shape index (κ3) is 16.8. The molecule has 0 amide bonds. The summed E-state index contributed by atoms with van der Waals surface area (Å²) >= 11 is 0. The maximum Gasteiger partial charge on any atom is 0.124 e. The van der Waals surface area contributed by atoms with Crippen LogP contribution in [-0.2, 0) is 10.8 Å². The maximum absolute atomic E-state index is 11.7. The van der Waals surface area contributed by atoms with Crippen LogP contribution in [0.4, 0.5) is 45.5 Å². The first-order chi connectivity index (χ1) is 58.1. The predicted octanol–water partition coefficient (Wildman–Crippen LogP) is 30.7. The number of para-hydroxylation sites is 4. The van der Waals surface area contributed by atoms with E-state index in [9.17, 15) is 10.2 Å². The van der Waals surface area contributed by atoms with E-state index in [0.717, 1.165) is 140 Å². The molecule has 586 valence electrons. The second-order valence-corrected chi connectivity index (χ2v) is 32.3. The number of aromatic hydroxyl groups is 2. The zero-order chi connectivity index (χ0) is 80.6. The lowest BCUT2D eigenvalue weighted by atomic mass is 9.70. The third-order valence-electron chi connectivity index (χ3n) is 24.6. The van der Waals surface area contributed by atoms with Crippen LogP contribution in [0.3, 0.4) is 0 Å². The molecule has 16 rings (SSSR count). The summed E-state index contributed by atoms with van der Waals surface area (Å²) < 4.78 is 0. The number of nitrogens with zero attached hydrogens (tertiary/aromatic N) is 4. The Labute approximate surface area is 699 Å². The van der Waals surface area contributed by atoms with Crippen molar-refractivity contribution in [3.63, 3.8) is 0 Å². The number of fused-ring (bicyclic) bond motifs is 8. The Bertz CT molecular complexity index is 5600. The number of aliphatic imine (C=N–C) groups is 2. The van der Waals surface area contributed by atoms with Gasteiger partial charge >= 0.3 is 0 Å². The summed E-state index contributed by atoms with van der Waals surface area (Å²) in [7, 11) is 0. The normalized spacial score (nSPS) is 12.7. The fourth-order valence-corrected chi connectivity index (χ4v) is 18.6. The molecular formula is C112H106N4O2. The standard InChI is InChI=1S/C112H106N4O2/c1-5-9-13-33-69-111(70-34-14-10-6-2)101-75-83(53-61-97(101)99-63-59-93(77-103(99)111)115(89-39-21-17-22-40-89)90-41-23-18-24-42-90)51-49-81-55-67-107(117)87(73-81)79-113-105-65-57-85-37-29-31-47-95(85)109(105)110-96-48-32-30-38-86(96)58-66-106(110)114-80-88-74-82(56-68-108(88)118)50-52-84-54-62-98-100-64-60-94(116(91-43-25-19-26-44-91)92-45-27-20-28-46-92)78-104(100)112(102(98)76-84,71-35-15-11-7-3)72-36-16-12-8-4/h17-32,37-48,53-68,73-80,117-118H,5-16,33-36,69-72H2,1-4H3. The fourth-order valence-electron chi connectivity index (χ4n) is 18.6. The molecule has 0 fully saturated rings. The Kier molecular flexibility index (Phi) is 24.8. The van der Waals surface area contributed by atoms with E-state index in [2.05, 4.69) is 328 Å². The number of hydrogen-bond acceptors (Lipinski definition) is 6. The third-order valence-corrected chi connectivity index (χ3v) is 24.6. The largest absolute Gasteiger partial charge is 0.507 e. The van der Waals surface area contributed by atoms with Gasteiger partial charge in [0.1, 0.15) is 11.5 Å². The minimum Gasteiger partial charge on any atom is -0.507 e. The van der Waals surface area contributed by atoms with Gasteiger partial charge in [-0.3, -0.25) is 9.98 Å². The van der Waals surface area contributed by atoms with Crippen LogP contribution in [0.25, 0.3) is 54.9 Å². The van der Waals surface area contributed by atoms with Crippen LogP contribution < -0.4 is 9.80 Å². The second-order valence-electron chi connectivity index (χ2n) is 32.3. The molecule has 0 saturated heterocycles. The van der Waals surface area contributed by atoms with Crippen LogP contribution in [0.2, 0.25) is 0 Å². The van der Waals surface area contributed by atoms with E-state index in [0.29, 0.717) is 22.5 Å². The van der Waals surface area contributed by atoms with Gasteiger partial charge in [-0.2, -0.15) is 0 Å². The Balaban J connectivity index is 0.715. The molecule has 6 nitrogen and oxygen atoms in total. The number of phenolic OH excluding ortho intramolecular Hbond substituents is 2. The molecule has 2 aliphatic carbocycles. The molecule has 0 saturated carbocycles. The summed E-state index contributed by atoms with van der Waals surface area (Å²) in [5, 5.41) is 27.6. The number of phenols is 2. The van der Waals surface area contributed by atoms with Gasteiger partial charge < -0.3 is 20.0 Å². The van der Waals surface area contributed by atoms with Crippen LogP contribution in [0.15, 0.2) is 313 Å². The van der Waals surface area contributed by atoms with Gasteiger partial charge in [0.25, 0.3) is 0 Å². The zero-order valence-electron chi connectivity index (χ0n) is 68.8. The highest BCUT2D eigenvalue weighted by Crippen LogP contribution is 2.58. The van der Waals surface area contributed by atoms with E-state index in [1.807, 2.05) is 24.3 Å². The molecule has 0 radical (unpaired) electrons. The summed E-state index contributed by atoms with van der Waals surface area (Å²) in [6.07, 6.45) is 26.9. The van der Waals surface area contributed by atoms with Crippen molar-refractivity contribution in [3.8, 4) is 68.6 Å². The SMILES string of the molecule is CCCCCCC1(CCCCCC)c2cc(C#Cc3ccc(O)c(C=Nc4ccc5ccccc5c4-c4c(N=Cc5cc(C#Cc6ccc7c(c6)C(CCCCCC)(CCCCCC)c6cc(N(c8ccccc8)c8ccccc8)ccc6-7)ccc5O)ccc5ccccc45)c3)ccc2-c2ccc(N(c3ccccc3)c3ccccc3)cc21. The average molecular weight is 1540 g/mol. The lowest BCUT2D eigenvalue weighted by Crippen LogP contribution is -2.26. The summed E-state index contributed by atoms with van der Waals surface area (Å²) in [6.45, 7) is 9.21. The molecule has 0 aliphatic heterocycles. The summed E-state index contributed by atoms with van der Waals surface area (Å²) in [5.41, 5.74) is 25.1. The molecule has 0 aromatic heterocycles. The second kappa shape index (κ2) is 37.0. The number of anilines is 6. The summed E-state index contributed by atoms with van der Waals surface area (Å²) in [6, 6.07) is 108. The fraction of sp³-hybridized carbons (Fsp3) is 0.232. The highest BCUT2D eigenvalue weighted by atomic mass is 16.3.